The van der Waals surface area contributed by atoms with Gasteiger partial charge in [-0.05, 0) is 63.4 Å². The van der Waals surface area contributed by atoms with E-state index >= 15 is 0 Å². The Labute approximate surface area is 138 Å². The van der Waals surface area contributed by atoms with Crippen LogP contribution >= 0.6 is 0 Å². The van der Waals surface area contributed by atoms with Crippen LogP contribution in [-0.4, -0.2) is 39.9 Å². The molecule has 1 N–H and O–H groups in total. The second-order valence-electron chi connectivity index (χ2n) is 6.96. The van der Waals surface area contributed by atoms with Crippen LogP contribution in [0.25, 0.3) is 5.69 Å². The summed E-state index contributed by atoms with van der Waals surface area (Å²) in [4.78, 5) is 2.68. The number of fused-ring (bicyclic) bond motifs is 1. The number of hydrogen-bond acceptors (Lipinski definition) is 3. The van der Waals surface area contributed by atoms with Gasteiger partial charge in [0.05, 0.1) is 11.4 Å². The molecule has 0 radical (unpaired) electrons. The third-order valence-electron chi connectivity index (χ3n) is 5.36. The van der Waals surface area contributed by atoms with Gasteiger partial charge in [-0.1, -0.05) is 18.2 Å². The molecule has 2 aliphatic heterocycles. The van der Waals surface area contributed by atoms with Crippen molar-refractivity contribution in [1.82, 2.24) is 20.0 Å². The SMILES string of the molecule is Cc1ccn(-c2ccccc2CNC2CCN3CCCC3C2)n1. The van der Waals surface area contributed by atoms with Gasteiger partial charge in [-0.25, -0.2) is 4.68 Å². The largest absolute Gasteiger partial charge is 0.310 e. The molecular weight excluding hydrogens is 284 g/mol. The standard InChI is InChI=1S/C19H26N4/c1-15-8-12-23(21-15)19-7-3-2-5-16(19)14-20-17-9-11-22-10-4-6-18(22)13-17/h2-3,5,7-8,12,17-18,20H,4,6,9-11,13-14H2,1H3. The Balaban J connectivity index is 1.43. The third-order valence-corrected chi connectivity index (χ3v) is 5.36. The van der Waals surface area contributed by atoms with Gasteiger partial charge in [0.2, 0.25) is 0 Å². The van der Waals surface area contributed by atoms with Crippen molar-refractivity contribution >= 4 is 0 Å². The molecule has 2 atom stereocenters. The quantitative estimate of drug-likeness (QED) is 0.942. The number of aromatic nitrogens is 2. The number of rotatable bonds is 4. The fraction of sp³-hybridized carbons (Fsp3) is 0.526. The second-order valence-corrected chi connectivity index (χ2v) is 6.96. The Morgan fingerprint density at radius 2 is 2.09 bits per heavy atom. The summed E-state index contributed by atoms with van der Waals surface area (Å²) in [5.41, 5.74) is 3.57. The minimum absolute atomic E-state index is 0.654. The first kappa shape index (κ1) is 14.9. The molecule has 4 nitrogen and oxygen atoms in total. The van der Waals surface area contributed by atoms with Crippen LogP contribution in [0, 0.1) is 6.92 Å². The predicted octanol–water partition coefficient (Wildman–Crippen LogP) is 2.90. The van der Waals surface area contributed by atoms with Crippen LogP contribution in [0.4, 0.5) is 0 Å². The molecule has 2 aromatic rings. The van der Waals surface area contributed by atoms with Crippen molar-refractivity contribution in [3.8, 4) is 5.69 Å². The van der Waals surface area contributed by atoms with Crippen molar-refractivity contribution in [1.29, 1.82) is 0 Å². The van der Waals surface area contributed by atoms with E-state index in [0.717, 1.165) is 18.3 Å². The molecule has 4 heteroatoms. The lowest BCUT2D eigenvalue weighted by Gasteiger charge is -2.35. The highest BCUT2D eigenvalue weighted by Crippen LogP contribution is 2.27. The van der Waals surface area contributed by atoms with Crippen molar-refractivity contribution < 1.29 is 0 Å². The summed E-state index contributed by atoms with van der Waals surface area (Å²) >= 11 is 0. The van der Waals surface area contributed by atoms with E-state index in [0.29, 0.717) is 6.04 Å². The number of hydrogen-bond donors (Lipinski definition) is 1. The van der Waals surface area contributed by atoms with Gasteiger partial charge in [-0.15, -0.1) is 0 Å². The van der Waals surface area contributed by atoms with E-state index in [1.54, 1.807) is 0 Å². The summed E-state index contributed by atoms with van der Waals surface area (Å²) in [5.74, 6) is 0. The highest BCUT2D eigenvalue weighted by Gasteiger charge is 2.31. The van der Waals surface area contributed by atoms with Crippen molar-refractivity contribution in [2.75, 3.05) is 13.1 Å². The average molecular weight is 310 g/mol. The number of nitrogens with zero attached hydrogens (tertiary/aromatic N) is 3. The van der Waals surface area contributed by atoms with Crippen molar-refractivity contribution in [3.05, 3.63) is 47.8 Å². The van der Waals surface area contributed by atoms with Crippen LogP contribution in [-0.2, 0) is 6.54 Å². The first-order valence-electron chi connectivity index (χ1n) is 8.87. The molecular formula is C19H26N4. The molecule has 2 fully saturated rings. The van der Waals surface area contributed by atoms with E-state index in [-0.39, 0.29) is 0 Å². The fourth-order valence-electron chi connectivity index (χ4n) is 4.10. The lowest BCUT2D eigenvalue weighted by Crippen LogP contribution is -2.45. The Morgan fingerprint density at radius 1 is 1.17 bits per heavy atom. The molecule has 3 heterocycles. The Morgan fingerprint density at radius 3 is 2.96 bits per heavy atom. The maximum atomic E-state index is 4.56. The van der Waals surface area contributed by atoms with Crippen LogP contribution in [0.15, 0.2) is 36.5 Å². The zero-order valence-corrected chi connectivity index (χ0v) is 13.9. The lowest BCUT2D eigenvalue weighted by molar-refractivity contribution is 0.166. The molecule has 2 aliphatic rings. The van der Waals surface area contributed by atoms with E-state index in [4.69, 9.17) is 0 Å². The summed E-state index contributed by atoms with van der Waals surface area (Å²) < 4.78 is 1.99. The van der Waals surface area contributed by atoms with E-state index in [1.807, 2.05) is 17.8 Å². The van der Waals surface area contributed by atoms with E-state index in [2.05, 4.69) is 45.6 Å². The molecule has 2 saturated heterocycles. The predicted molar refractivity (Wildman–Crippen MR) is 92.8 cm³/mol. The first-order valence-corrected chi connectivity index (χ1v) is 8.87. The molecule has 1 aromatic heterocycles. The number of nitrogens with one attached hydrogen (secondary N) is 1. The highest BCUT2D eigenvalue weighted by atomic mass is 15.3. The third kappa shape index (κ3) is 3.19. The molecule has 0 bridgehead atoms. The Hall–Kier alpha value is -1.65. The van der Waals surface area contributed by atoms with Crippen LogP contribution < -0.4 is 5.32 Å². The number of aryl methyl sites for hydroxylation is 1. The van der Waals surface area contributed by atoms with Crippen molar-refractivity contribution in [2.24, 2.45) is 0 Å². The first-order chi connectivity index (χ1) is 11.3. The van der Waals surface area contributed by atoms with E-state index in [9.17, 15) is 0 Å². The van der Waals surface area contributed by atoms with Gasteiger partial charge in [-0.3, -0.25) is 0 Å². The molecule has 4 rings (SSSR count). The molecule has 122 valence electrons. The van der Waals surface area contributed by atoms with Gasteiger partial charge in [-0.2, -0.15) is 5.10 Å². The van der Waals surface area contributed by atoms with Gasteiger partial charge in [0.1, 0.15) is 0 Å². The molecule has 0 amide bonds. The van der Waals surface area contributed by atoms with E-state index < -0.39 is 0 Å². The van der Waals surface area contributed by atoms with Gasteiger partial charge in [0.15, 0.2) is 0 Å². The summed E-state index contributed by atoms with van der Waals surface area (Å²) in [5, 5.41) is 8.36. The number of benzene rings is 1. The van der Waals surface area contributed by atoms with E-state index in [1.165, 1.54) is 50.0 Å². The maximum absolute atomic E-state index is 4.56. The Kier molecular flexibility index (Phi) is 4.19. The molecule has 0 aliphatic carbocycles. The van der Waals surface area contributed by atoms with Crippen molar-refractivity contribution in [3.63, 3.8) is 0 Å². The van der Waals surface area contributed by atoms with Gasteiger partial charge < -0.3 is 10.2 Å². The van der Waals surface area contributed by atoms with Crippen LogP contribution in [0.2, 0.25) is 0 Å². The smallest absolute Gasteiger partial charge is 0.0690 e. The van der Waals surface area contributed by atoms with Gasteiger partial charge in [0, 0.05) is 24.8 Å². The topological polar surface area (TPSA) is 33.1 Å². The summed E-state index contributed by atoms with van der Waals surface area (Å²) in [6, 6.07) is 12.1. The minimum atomic E-state index is 0.654. The molecule has 1 aromatic carbocycles. The Bertz CT molecular complexity index is 663. The van der Waals surface area contributed by atoms with Crippen LogP contribution in [0.5, 0.6) is 0 Å². The molecule has 0 saturated carbocycles. The highest BCUT2D eigenvalue weighted by molar-refractivity contribution is 5.40. The number of piperidine rings is 1. The summed E-state index contributed by atoms with van der Waals surface area (Å²) in [6.45, 7) is 5.54. The maximum Gasteiger partial charge on any atom is 0.0690 e. The second kappa shape index (κ2) is 6.46. The normalized spacial score (nSPS) is 24.7. The van der Waals surface area contributed by atoms with Crippen LogP contribution in [0.3, 0.4) is 0 Å². The van der Waals surface area contributed by atoms with Crippen molar-refractivity contribution in [2.45, 2.75) is 51.2 Å². The zero-order chi connectivity index (χ0) is 15.6. The lowest BCUT2D eigenvalue weighted by atomic mass is 9.97. The summed E-state index contributed by atoms with van der Waals surface area (Å²) in [7, 11) is 0. The fourth-order valence-corrected chi connectivity index (χ4v) is 4.10. The molecule has 0 spiro atoms. The van der Waals surface area contributed by atoms with Crippen LogP contribution in [0.1, 0.15) is 36.9 Å². The van der Waals surface area contributed by atoms with Gasteiger partial charge in [0.25, 0.3) is 0 Å². The summed E-state index contributed by atoms with van der Waals surface area (Å²) in [6.07, 6.45) is 7.41. The minimum Gasteiger partial charge on any atom is -0.310 e. The molecule has 23 heavy (non-hydrogen) atoms. The molecule has 2 unspecified atom stereocenters. The average Bonchev–Trinajstić information content (AvgIpc) is 3.21. The zero-order valence-electron chi connectivity index (χ0n) is 13.9. The van der Waals surface area contributed by atoms with Gasteiger partial charge >= 0.3 is 0 Å². The number of para-hydroxylation sites is 1. The monoisotopic (exact) mass is 310 g/mol.